The van der Waals surface area contributed by atoms with Crippen molar-refractivity contribution in [2.24, 2.45) is 17.8 Å². The van der Waals surface area contributed by atoms with E-state index >= 15 is 0 Å². The molecule has 0 spiro atoms. The van der Waals surface area contributed by atoms with E-state index in [-0.39, 0.29) is 24.3 Å². The second kappa shape index (κ2) is 7.94. The number of hydrogen-bond donors (Lipinski definition) is 1. The Morgan fingerprint density at radius 2 is 1.78 bits per heavy atom. The number of phenols is 1. The van der Waals surface area contributed by atoms with Crippen LogP contribution in [0.1, 0.15) is 24.3 Å². The largest absolute Gasteiger partial charge is 0.508 e. The van der Waals surface area contributed by atoms with Crippen molar-refractivity contribution >= 4 is 52.9 Å². The molecule has 1 saturated carbocycles. The summed E-state index contributed by atoms with van der Waals surface area (Å²) in [5, 5.41) is 10.0. The first kappa shape index (κ1) is 24.6. The van der Waals surface area contributed by atoms with Crippen molar-refractivity contribution in [2.45, 2.75) is 28.5 Å². The smallest absolute Gasteiger partial charge is 0.423 e. The summed E-state index contributed by atoms with van der Waals surface area (Å²) in [6.45, 7) is 0. The lowest BCUT2D eigenvalue weighted by atomic mass is 9.56. The molecule has 0 unspecified atom stereocenters. The molecule has 5 rings (SSSR count). The maximum Gasteiger partial charge on any atom is 0.423 e. The van der Waals surface area contributed by atoms with Crippen LogP contribution in [-0.4, -0.2) is 75.6 Å². The number of imide groups is 4. The van der Waals surface area contributed by atoms with E-state index in [1.807, 2.05) is 0 Å². The van der Waals surface area contributed by atoms with Crippen molar-refractivity contribution in [2.75, 3.05) is 21.3 Å². The number of aromatic hydroxyl groups is 1. The van der Waals surface area contributed by atoms with Gasteiger partial charge < -0.3 is 14.6 Å². The van der Waals surface area contributed by atoms with Crippen LogP contribution < -0.4 is 4.74 Å². The molecule has 4 aliphatic rings. The lowest BCUT2D eigenvalue weighted by Crippen LogP contribution is -2.60. The van der Waals surface area contributed by atoms with E-state index in [1.165, 1.54) is 32.4 Å². The van der Waals surface area contributed by atoms with Gasteiger partial charge in [-0.1, -0.05) is 17.7 Å². The highest BCUT2D eigenvalue weighted by Crippen LogP contribution is 2.66. The molecule has 2 aliphatic heterocycles. The number of allylic oxidation sites excluding steroid dienone is 2. The summed E-state index contributed by atoms with van der Waals surface area (Å²) in [4.78, 5) is 62.9. The van der Waals surface area contributed by atoms with Gasteiger partial charge in [0.05, 0.1) is 26.1 Å². The van der Waals surface area contributed by atoms with E-state index in [0.29, 0.717) is 16.0 Å². The van der Waals surface area contributed by atoms with Crippen molar-refractivity contribution < 1.29 is 38.6 Å². The molecule has 36 heavy (non-hydrogen) atoms. The first-order chi connectivity index (χ1) is 16.9. The number of halogens is 2. The Balaban J connectivity index is 1.74. The SMILES string of the molecule is COC(=O)N1C(=O)[C@H]2[C@H](CC=C3[C@H]2C[C@@]2(Cl)C(=O)N(C)C(=O)[C@@]2(Cl)[C@H]3c2ccc(O)cc2OC)C1=O. The van der Waals surface area contributed by atoms with Gasteiger partial charge in [0.25, 0.3) is 11.8 Å². The number of carbonyl (C=O) groups excluding carboxylic acids is 5. The average Bonchev–Trinajstić information content (AvgIpc) is 3.19. The van der Waals surface area contributed by atoms with Crippen LogP contribution in [0.2, 0.25) is 0 Å². The van der Waals surface area contributed by atoms with Crippen LogP contribution in [0.25, 0.3) is 0 Å². The third-order valence-electron chi connectivity index (χ3n) is 7.90. The van der Waals surface area contributed by atoms with E-state index in [4.69, 9.17) is 27.9 Å². The minimum Gasteiger partial charge on any atom is -0.508 e. The van der Waals surface area contributed by atoms with Crippen molar-refractivity contribution in [3.63, 3.8) is 0 Å². The van der Waals surface area contributed by atoms with Crippen LogP contribution in [0.15, 0.2) is 29.8 Å². The van der Waals surface area contributed by atoms with Gasteiger partial charge in [0.15, 0.2) is 9.75 Å². The Bertz CT molecular complexity index is 1280. The lowest BCUT2D eigenvalue weighted by Gasteiger charge is -2.50. The maximum absolute atomic E-state index is 13.5. The topological polar surface area (TPSA) is 131 Å². The van der Waals surface area contributed by atoms with Crippen molar-refractivity contribution in [1.29, 1.82) is 0 Å². The predicted octanol–water partition coefficient (Wildman–Crippen LogP) is 2.16. The fourth-order valence-electron chi connectivity index (χ4n) is 6.30. The number of hydrogen-bond acceptors (Lipinski definition) is 8. The first-order valence-electron chi connectivity index (χ1n) is 11.2. The summed E-state index contributed by atoms with van der Waals surface area (Å²) in [6.07, 6.45) is 0.537. The van der Waals surface area contributed by atoms with Crippen LogP contribution in [-0.2, 0) is 23.9 Å². The Labute approximate surface area is 215 Å². The summed E-state index contributed by atoms with van der Waals surface area (Å²) in [5.41, 5.74) is 0.915. The number of fused-ring (bicyclic) bond motifs is 4. The summed E-state index contributed by atoms with van der Waals surface area (Å²) >= 11 is 14.1. The Hall–Kier alpha value is -3.11. The van der Waals surface area contributed by atoms with Gasteiger partial charge in [0.2, 0.25) is 11.8 Å². The van der Waals surface area contributed by atoms with Gasteiger partial charge >= 0.3 is 6.09 Å². The predicted molar refractivity (Wildman–Crippen MR) is 124 cm³/mol. The normalized spacial score (nSPS) is 35.3. The van der Waals surface area contributed by atoms with Crippen LogP contribution in [0, 0.1) is 17.8 Å². The summed E-state index contributed by atoms with van der Waals surface area (Å²) in [5.74, 6) is -6.48. The monoisotopic (exact) mass is 536 g/mol. The van der Waals surface area contributed by atoms with E-state index in [2.05, 4.69) is 4.74 Å². The molecule has 10 nitrogen and oxygen atoms in total. The molecule has 0 aromatic heterocycles. The number of alkyl halides is 2. The van der Waals surface area contributed by atoms with E-state index in [9.17, 15) is 29.1 Å². The number of carbonyl (C=O) groups is 5. The number of benzene rings is 1. The molecule has 190 valence electrons. The molecule has 2 aliphatic carbocycles. The third-order valence-corrected chi connectivity index (χ3v) is 9.31. The fraction of sp³-hybridized carbons (Fsp3) is 0.458. The number of phenolic OH excluding ortho intramolecular Hbond substituents is 1. The molecule has 2 heterocycles. The molecule has 1 aromatic carbocycles. The van der Waals surface area contributed by atoms with Crippen LogP contribution >= 0.6 is 23.2 Å². The minimum atomic E-state index is -1.98. The zero-order valence-electron chi connectivity index (χ0n) is 19.5. The minimum absolute atomic E-state index is 0.0994. The number of ether oxygens (including phenoxy) is 2. The standard InChI is InChI=1S/C24H22Cl2N2O8/c1-27-20(32)23(25)9-14-11(6-7-13-16(14)19(31)28(18(13)30)22(34)36-3)17(24(23,26)21(27)33)12-5-4-10(29)8-15(12)35-2/h4-6,8,13-14,16-17,29H,7,9H2,1-3H3/t13-,14+,16-,17+,23+,24-/m0/s1. The number of amides is 5. The lowest BCUT2D eigenvalue weighted by molar-refractivity contribution is -0.139. The van der Waals surface area contributed by atoms with Crippen LogP contribution in [0.5, 0.6) is 11.5 Å². The molecule has 3 fully saturated rings. The highest BCUT2D eigenvalue weighted by atomic mass is 35.5. The molecule has 0 radical (unpaired) electrons. The summed E-state index contributed by atoms with van der Waals surface area (Å²) in [6, 6.07) is 4.25. The summed E-state index contributed by atoms with van der Waals surface area (Å²) in [7, 11) is 3.73. The molecule has 1 aromatic rings. The first-order valence-corrected chi connectivity index (χ1v) is 11.9. The summed E-state index contributed by atoms with van der Waals surface area (Å²) < 4.78 is 10.1. The molecule has 5 amide bonds. The molecule has 0 bridgehead atoms. The van der Waals surface area contributed by atoms with E-state index in [0.717, 1.165) is 12.0 Å². The molecular weight excluding hydrogens is 515 g/mol. The van der Waals surface area contributed by atoms with Crippen molar-refractivity contribution in [3.05, 3.63) is 35.4 Å². The van der Waals surface area contributed by atoms with E-state index in [1.54, 1.807) is 6.08 Å². The van der Waals surface area contributed by atoms with Crippen LogP contribution in [0.4, 0.5) is 4.79 Å². The average molecular weight is 537 g/mol. The third kappa shape index (κ3) is 2.82. The van der Waals surface area contributed by atoms with Crippen LogP contribution in [0.3, 0.4) is 0 Å². The maximum atomic E-state index is 13.5. The fourth-order valence-corrected chi connectivity index (χ4v) is 7.31. The molecule has 6 atom stereocenters. The van der Waals surface area contributed by atoms with Crippen molar-refractivity contribution in [1.82, 2.24) is 9.80 Å². The number of rotatable bonds is 2. The van der Waals surface area contributed by atoms with Gasteiger partial charge in [-0.2, -0.15) is 4.90 Å². The van der Waals surface area contributed by atoms with Gasteiger partial charge in [-0.15, -0.1) is 23.2 Å². The highest BCUT2D eigenvalue weighted by Gasteiger charge is 2.76. The molecule has 2 saturated heterocycles. The van der Waals surface area contributed by atoms with Gasteiger partial charge in [0, 0.05) is 24.6 Å². The van der Waals surface area contributed by atoms with Crippen molar-refractivity contribution in [3.8, 4) is 11.5 Å². The molecular formula is C24H22Cl2N2O8. The Morgan fingerprint density at radius 3 is 2.42 bits per heavy atom. The second-order valence-corrected chi connectivity index (χ2v) is 10.6. The van der Waals surface area contributed by atoms with Gasteiger partial charge in [-0.3, -0.25) is 24.1 Å². The van der Waals surface area contributed by atoms with Gasteiger partial charge in [-0.05, 0) is 24.8 Å². The second-order valence-electron chi connectivity index (χ2n) is 9.41. The van der Waals surface area contributed by atoms with Gasteiger partial charge in [0.1, 0.15) is 11.5 Å². The van der Waals surface area contributed by atoms with Gasteiger partial charge in [-0.25, -0.2) is 4.79 Å². The molecule has 12 heteroatoms. The highest BCUT2D eigenvalue weighted by molar-refractivity contribution is 6.53. The number of methoxy groups -OCH3 is 2. The number of likely N-dealkylation sites (tertiary alicyclic amines) is 2. The van der Waals surface area contributed by atoms with E-state index < -0.39 is 63.1 Å². The quantitative estimate of drug-likeness (QED) is 0.345. The zero-order valence-corrected chi connectivity index (χ0v) is 21.0. The zero-order chi connectivity index (χ0) is 26.3. The number of nitrogens with zero attached hydrogens (tertiary/aromatic N) is 2. The Morgan fingerprint density at radius 1 is 1.08 bits per heavy atom. The Kier molecular flexibility index (Phi) is 5.42. The molecule has 1 N–H and O–H groups in total.